The molecular formula is C13H19Br2ClN2O. The van der Waals surface area contributed by atoms with E-state index in [-0.39, 0.29) is 12.4 Å². The minimum absolute atomic E-state index is 0. The Kier molecular flexibility index (Phi) is 7.11. The van der Waals surface area contributed by atoms with Crippen molar-refractivity contribution in [3.8, 4) is 5.75 Å². The molecule has 108 valence electrons. The van der Waals surface area contributed by atoms with Crippen LogP contribution >= 0.6 is 44.3 Å². The molecule has 0 amide bonds. The highest BCUT2D eigenvalue weighted by Crippen LogP contribution is 2.33. The van der Waals surface area contributed by atoms with E-state index in [9.17, 15) is 0 Å². The molecule has 1 aromatic rings. The van der Waals surface area contributed by atoms with Gasteiger partial charge in [0, 0.05) is 42.3 Å². The maximum absolute atomic E-state index is 5.49. The third-order valence-electron chi connectivity index (χ3n) is 3.14. The Bertz CT molecular complexity index is 431. The van der Waals surface area contributed by atoms with Crippen LogP contribution in [0.5, 0.6) is 5.75 Å². The van der Waals surface area contributed by atoms with Crippen LogP contribution in [0.25, 0.3) is 0 Å². The van der Waals surface area contributed by atoms with Crippen molar-refractivity contribution in [3.05, 3.63) is 26.6 Å². The fourth-order valence-electron chi connectivity index (χ4n) is 2.36. The van der Waals surface area contributed by atoms with Gasteiger partial charge >= 0.3 is 0 Å². The highest BCUT2D eigenvalue weighted by molar-refractivity contribution is 9.11. The van der Waals surface area contributed by atoms with Gasteiger partial charge in [0.1, 0.15) is 5.75 Å². The molecule has 1 fully saturated rings. The fourth-order valence-corrected chi connectivity index (χ4v) is 3.83. The predicted octanol–water partition coefficient (Wildman–Crippen LogP) is 3.44. The van der Waals surface area contributed by atoms with Crippen LogP contribution in [-0.4, -0.2) is 37.7 Å². The Hall–Kier alpha value is 0.190. The molecule has 3 nitrogen and oxygen atoms in total. The van der Waals surface area contributed by atoms with E-state index in [4.69, 9.17) is 4.74 Å². The van der Waals surface area contributed by atoms with E-state index in [0.29, 0.717) is 6.04 Å². The van der Waals surface area contributed by atoms with Crippen LogP contribution in [0.2, 0.25) is 0 Å². The van der Waals surface area contributed by atoms with Crippen molar-refractivity contribution in [2.45, 2.75) is 19.5 Å². The lowest BCUT2D eigenvalue weighted by molar-refractivity contribution is 0.197. The van der Waals surface area contributed by atoms with Gasteiger partial charge in [0.15, 0.2) is 0 Å². The second-order valence-electron chi connectivity index (χ2n) is 4.67. The van der Waals surface area contributed by atoms with Crippen LogP contribution in [0, 0.1) is 0 Å². The Morgan fingerprint density at radius 1 is 1.42 bits per heavy atom. The summed E-state index contributed by atoms with van der Waals surface area (Å²) < 4.78 is 7.56. The monoisotopic (exact) mass is 412 g/mol. The number of benzene rings is 1. The lowest BCUT2D eigenvalue weighted by atomic mass is 10.1. The zero-order chi connectivity index (χ0) is 13.1. The van der Waals surface area contributed by atoms with Crippen molar-refractivity contribution in [3.63, 3.8) is 0 Å². The number of halogens is 3. The van der Waals surface area contributed by atoms with E-state index in [1.165, 1.54) is 5.56 Å². The molecule has 0 aromatic heterocycles. The number of hydrogen-bond donors (Lipinski definition) is 1. The van der Waals surface area contributed by atoms with Gasteiger partial charge in [-0.15, -0.1) is 12.4 Å². The third-order valence-corrected chi connectivity index (χ3v) is 4.18. The minimum Gasteiger partial charge on any atom is -0.495 e. The summed E-state index contributed by atoms with van der Waals surface area (Å²) in [6.07, 6.45) is 0. The van der Waals surface area contributed by atoms with Gasteiger partial charge in [0.2, 0.25) is 0 Å². The standard InChI is InChI=1S/C13H18Br2N2O.ClH/c1-9-7-17(4-3-16-9)8-10-5-11(14)6-12(15)13(10)18-2;/h5-6,9,16H,3-4,7-8H2,1-2H3;1H/t9-;/m1./s1. The van der Waals surface area contributed by atoms with Gasteiger partial charge in [0.05, 0.1) is 11.6 Å². The first kappa shape index (κ1) is 17.2. The van der Waals surface area contributed by atoms with Crippen molar-refractivity contribution in [2.75, 3.05) is 26.7 Å². The van der Waals surface area contributed by atoms with Gasteiger partial charge in [-0.2, -0.15) is 0 Å². The number of nitrogens with zero attached hydrogens (tertiary/aromatic N) is 1. The number of rotatable bonds is 3. The summed E-state index contributed by atoms with van der Waals surface area (Å²) in [5.41, 5.74) is 1.22. The lowest BCUT2D eigenvalue weighted by Crippen LogP contribution is -2.48. The molecule has 6 heteroatoms. The van der Waals surface area contributed by atoms with Gasteiger partial charge in [-0.05, 0) is 35.0 Å². The molecule has 19 heavy (non-hydrogen) atoms. The molecule has 1 aliphatic heterocycles. The van der Waals surface area contributed by atoms with E-state index < -0.39 is 0 Å². The SMILES string of the molecule is COc1c(Br)cc(Br)cc1CN1CCN[C@H](C)C1.Cl. The quantitative estimate of drug-likeness (QED) is 0.820. The Morgan fingerprint density at radius 2 is 2.16 bits per heavy atom. The van der Waals surface area contributed by atoms with Gasteiger partial charge in [0.25, 0.3) is 0 Å². The summed E-state index contributed by atoms with van der Waals surface area (Å²) in [4.78, 5) is 2.46. The maximum Gasteiger partial charge on any atom is 0.137 e. The second-order valence-corrected chi connectivity index (χ2v) is 6.44. The molecule has 0 saturated carbocycles. The first-order valence-corrected chi connectivity index (χ1v) is 7.66. The molecule has 1 aromatic carbocycles. The average molecular weight is 415 g/mol. The topological polar surface area (TPSA) is 24.5 Å². The Labute approximate surface area is 137 Å². The fraction of sp³-hybridized carbons (Fsp3) is 0.538. The molecule has 1 heterocycles. The molecule has 0 aliphatic carbocycles. The highest BCUT2D eigenvalue weighted by atomic mass is 79.9. The smallest absolute Gasteiger partial charge is 0.137 e. The molecular weight excluding hydrogens is 395 g/mol. The van der Waals surface area contributed by atoms with Gasteiger partial charge in [-0.25, -0.2) is 0 Å². The number of methoxy groups -OCH3 is 1. The normalized spacial score (nSPS) is 19.9. The van der Waals surface area contributed by atoms with E-state index in [0.717, 1.165) is 40.9 Å². The second kappa shape index (κ2) is 7.84. The van der Waals surface area contributed by atoms with Crippen molar-refractivity contribution in [1.82, 2.24) is 10.2 Å². The summed E-state index contributed by atoms with van der Waals surface area (Å²) in [6, 6.07) is 4.71. The molecule has 1 atom stereocenters. The van der Waals surface area contributed by atoms with Crippen LogP contribution in [0.1, 0.15) is 12.5 Å². The van der Waals surface area contributed by atoms with Crippen LogP contribution in [-0.2, 0) is 6.54 Å². The Balaban J connectivity index is 0.00000180. The molecule has 0 spiro atoms. The summed E-state index contributed by atoms with van der Waals surface area (Å²) in [5, 5.41) is 3.46. The van der Waals surface area contributed by atoms with Crippen LogP contribution < -0.4 is 10.1 Å². The van der Waals surface area contributed by atoms with Gasteiger partial charge in [-0.3, -0.25) is 4.90 Å². The molecule has 0 unspecified atom stereocenters. The summed E-state index contributed by atoms with van der Waals surface area (Å²) in [7, 11) is 1.72. The zero-order valence-corrected chi connectivity index (χ0v) is 15.1. The minimum atomic E-state index is 0. The first-order valence-electron chi connectivity index (χ1n) is 6.08. The molecule has 1 aliphatic rings. The number of nitrogens with one attached hydrogen (secondary N) is 1. The van der Waals surface area contributed by atoms with E-state index in [1.54, 1.807) is 7.11 Å². The van der Waals surface area contributed by atoms with Crippen molar-refractivity contribution >= 4 is 44.3 Å². The Morgan fingerprint density at radius 3 is 2.79 bits per heavy atom. The van der Waals surface area contributed by atoms with E-state index in [1.807, 2.05) is 6.07 Å². The molecule has 0 bridgehead atoms. The van der Waals surface area contributed by atoms with Crippen molar-refractivity contribution in [2.24, 2.45) is 0 Å². The first-order chi connectivity index (χ1) is 8.60. The zero-order valence-electron chi connectivity index (χ0n) is 11.1. The maximum atomic E-state index is 5.49. The average Bonchev–Trinajstić information content (AvgIpc) is 2.28. The summed E-state index contributed by atoms with van der Waals surface area (Å²) in [6.45, 7) is 6.36. The largest absolute Gasteiger partial charge is 0.495 e. The third kappa shape index (κ3) is 4.60. The van der Waals surface area contributed by atoms with Crippen LogP contribution in [0.3, 0.4) is 0 Å². The van der Waals surface area contributed by atoms with Gasteiger partial charge < -0.3 is 10.1 Å². The number of ether oxygens (including phenoxy) is 1. The molecule has 2 rings (SSSR count). The van der Waals surface area contributed by atoms with Crippen LogP contribution in [0.15, 0.2) is 21.1 Å². The molecule has 1 saturated heterocycles. The highest BCUT2D eigenvalue weighted by Gasteiger charge is 2.18. The summed E-state index contributed by atoms with van der Waals surface area (Å²) in [5.74, 6) is 0.935. The number of piperazine rings is 1. The van der Waals surface area contributed by atoms with Crippen LogP contribution in [0.4, 0.5) is 0 Å². The van der Waals surface area contributed by atoms with Crippen molar-refractivity contribution in [1.29, 1.82) is 0 Å². The molecule has 1 N–H and O–H groups in total. The predicted molar refractivity (Wildman–Crippen MR) is 88.4 cm³/mol. The van der Waals surface area contributed by atoms with E-state index >= 15 is 0 Å². The van der Waals surface area contributed by atoms with Crippen molar-refractivity contribution < 1.29 is 4.74 Å². The van der Waals surface area contributed by atoms with Gasteiger partial charge in [-0.1, -0.05) is 15.9 Å². The van der Waals surface area contributed by atoms with E-state index in [2.05, 4.69) is 55.1 Å². The lowest BCUT2D eigenvalue weighted by Gasteiger charge is -2.32. The number of hydrogen-bond acceptors (Lipinski definition) is 3. The molecule has 0 radical (unpaired) electrons. The summed E-state index contributed by atoms with van der Waals surface area (Å²) >= 11 is 7.09.